The smallest absolute Gasteiger partial charge is 0.242 e. The van der Waals surface area contributed by atoms with Crippen molar-refractivity contribution in [3.05, 3.63) is 69.7 Å². The summed E-state index contributed by atoms with van der Waals surface area (Å²) in [5, 5.41) is 2.99. The molecule has 2 aromatic rings. The van der Waals surface area contributed by atoms with Crippen LogP contribution in [0.25, 0.3) is 0 Å². The molecule has 0 heterocycles. The molecule has 2 aromatic carbocycles. The minimum absolute atomic E-state index is 0.0383. The van der Waals surface area contributed by atoms with Crippen LogP contribution in [0, 0.1) is 6.92 Å². The Morgan fingerprint density at radius 3 is 2.37 bits per heavy atom. The molecule has 0 aliphatic carbocycles. The van der Waals surface area contributed by atoms with Gasteiger partial charge in [-0.2, -0.15) is 0 Å². The van der Waals surface area contributed by atoms with Gasteiger partial charge in [0.1, 0.15) is 6.04 Å². The second kappa shape index (κ2) is 11.0. The topological polar surface area (TPSA) is 49.4 Å². The van der Waals surface area contributed by atoms with Gasteiger partial charge in [-0.15, -0.1) is 11.8 Å². The van der Waals surface area contributed by atoms with Crippen LogP contribution in [0.2, 0.25) is 0 Å². The van der Waals surface area contributed by atoms with Crippen molar-refractivity contribution in [1.82, 2.24) is 10.2 Å². The minimum atomic E-state index is -0.560. The molecule has 0 saturated carbocycles. The fraction of sp³-hybridized carbons (Fsp3) is 0.417. The van der Waals surface area contributed by atoms with E-state index in [-0.39, 0.29) is 17.4 Å². The van der Waals surface area contributed by atoms with E-state index in [2.05, 4.69) is 52.4 Å². The second-order valence-corrected chi connectivity index (χ2v) is 10.4. The summed E-state index contributed by atoms with van der Waals surface area (Å²) in [7, 11) is 0. The summed E-state index contributed by atoms with van der Waals surface area (Å²) in [6.45, 7) is 10.1. The Morgan fingerprint density at radius 2 is 1.77 bits per heavy atom. The number of thioether (sulfide) groups is 1. The largest absolute Gasteiger partial charge is 0.350 e. The highest BCUT2D eigenvalue weighted by molar-refractivity contribution is 9.10. The van der Waals surface area contributed by atoms with Crippen molar-refractivity contribution in [3.63, 3.8) is 0 Å². The number of hydrogen-bond acceptors (Lipinski definition) is 3. The molecular formula is C24H31BrN2O2S. The molecule has 162 valence electrons. The lowest BCUT2D eigenvalue weighted by atomic mass is 10.1. The first-order valence-electron chi connectivity index (χ1n) is 10.0. The molecule has 0 aliphatic heterocycles. The fourth-order valence-corrected chi connectivity index (χ4v) is 4.23. The zero-order valence-corrected chi connectivity index (χ0v) is 20.8. The summed E-state index contributed by atoms with van der Waals surface area (Å²) >= 11 is 5.05. The molecule has 1 atom stereocenters. The van der Waals surface area contributed by atoms with Crippen LogP contribution in [-0.4, -0.2) is 34.0 Å². The average molecular weight is 491 g/mol. The first kappa shape index (κ1) is 24.5. The van der Waals surface area contributed by atoms with Gasteiger partial charge in [0.05, 0.1) is 5.75 Å². The standard InChI is InChI=1S/C24H31BrN2O2S/c1-17-9-11-19(12-10-17)15-30-16-22(28)27(14-20-7-6-8-21(25)13-20)18(2)23(29)26-24(3,4)5/h6-13,18H,14-16H2,1-5H3,(H,26,29)/t18-/m0/s1. The average Bonchev–Trinajstić information content (AvgIpc) is 2.65. The van der Waals surface area contributed by atoms with Crippen LogP contribution in [0.15, 0.2) is 53.0 Å². The number of carbonyl (C=O) groups is 2. The van der Waals surface area contributed by atoms with E-state index in [4.69, 9.17) is 0 Å². The molecule has 2 amide bonds. The van der Waals surface area contributed by atoms with Crippen LogP contribution in [0.3, 0.4) is 0 Å². The third-order valence-corrected chi connectivity index (χ3v) is 6.00. The van der Waals surface area contributed by atoms with Gasteiger partial charge in [0.15, 0.2) is 0 Å². The van der Waals surface area contributed by atoms with Crippen LogP contribution in [0.5, 0.6) is 0 Å². The Hall–Kier alpha value is -1.79. The monoisotopic (exact) mass is 490 g/mol. The molecule has 30 heavy (non-hydrogen) atoms. The van der Waals surface area contributed by atoms with Crippen molar-refractivity contribution in [2.24, 2.45) is 0 Å². The molecule has 0 radical (unpaired) electrons. The summed E-state index contributed by atoms with van der Waals surface area (Å²) in [5.74, 6) is 0.909. The number of hydrogen-bond donors (Lipinski definition) is 1. The minimum Gasteiger partial charge on any atom is -0.350 e. The van der Waals surface area contributed by atoms with E-state index in [1.807, 2.05) is 45.0 Å². The van der Waals surface area contributed by atoms with Crippen LogP contribution in [-0.2, 0) is 21.9 Å². The molecular weight excluding hydrogens is 460 g/mol. The number of halogens is 1. The summed E-state index contributed by atoms with van der Waals surface area (Å²) < 4.78 is 0.952. The Bertz CT molecular complexity index is 862. The molecule has 0 fully saturated rings. The SMILES string of the molecule is Cc1ccc(CSCC(=O)N(Cc2cccc(Br)c2)[C@@H](C)C(=O)NC(C)(C)C)cc1. The van der Waals surface area contributed by atoms with E-state index in [1.165, 1.54) is 11.1 Å². The lowest BCUT2D eigenvalue weighted by molar-refractivity contribution is -0.139. The van der Waals surface area contributed by atoms with E-state index < -0.39 is 6.04 Å². The number of nitrogens with zero attached hydrogens (tertiary/aromatic N) is 1. The summed E-state index contributed by atoms with van der Waals surface area (Å²) in [6.07, 6.45) is 0. The first-order chi connectivity index (χ1) is 14.0. The highest BCUT2D eigenvalue weighted by atomic mass is 79.9. The van der Waals surface area contributed by atoms with E-state index in [9.17, 15) is 9.59 Å². The molecule has 1 N–H and O–H groups in total. The summed E-state index contributed by atoms with van der Waals surface area (Å²) in [5.41, 5.74) is 3.04. The Kier molecular flexibility index (Phi) is 8.98. The van der Waals surface area contributed by atoms with Crippen molar-refractivity contribution < 1.29 is 9.59 Å². The number of rotatable bonds is 8. The zero-order chi connectivity index (χ0) is 22.3. The Morgan fingerprint density at radius 1 is 1.10 bits per heavy atom. The maximum absolute atomic E-state index is 13.1. The zero-order valence-electron chi connectivity index (χ0n) is 18.4. The molecule has 0 bridgehead atoms. The molecule has 0 unspecified atom stereocenters. The van der Waals surface area contributed by atoms with Crippen molar-refractivity contribution in [1.29, 1.82) is 0 Å². The molecule has 4 nitrogen and oxygen atoms in total. The van der Waals surface area contributed by atoms with Gasteiger partial charge < -0.3 is 10.2 Å². The van der Waals surface area contributed by atoms with E-state index in [1.54, 1.807) is 23.6 Å². The summed E-state index contributed by atoms with van der Waals surface area (Å²) in [4.78, 5) is 27.5. The normalized spacial score (nSPS) is 12.3. The lowest BCUT2D eigenvalue weighted by Gasteiger charge is -2.31. The summed E-state index contributed by atoms with van der Waals surface area (Å²) in [6, 6.07) is 15.6. The highest BCUT2D eigenvalue weighted by Gasteiger charge is 2.28. The predicted molar refractivity (Wildman–Crippen MR) is 129 cm³/mol. The van der Waals surface area contributed by atoms with Gasteiger partial charge in [-0.25, -0.2) is 0 Å². The van der Waals surface area contributed by atoms with Gasteiger partial charge in [0.2, 0.25) is 11.8 Å². The van der Waals surface area contributed by atoms with Crippen molar-refractivity contribution in [2.45, 2.75) is 58.5 Å². The van der Waals surface area contributed by atoms with Gasteiger partial charge in [-0.05, 0) is 57.9 Å². The van der Waals surface area contributed by atoms with Crippen molar-refractivity contribution in [2.75, 3.05) is 5.75 Å². The third kappa shape index (κ3) is 8.15. The Balaban J connectivity index is 2.09. The van der Waals surface area contributed by atoms with Crippen LogP contribution in [0.4, 0.5) is 0 Å². The maximum atomic E-state index is 13.1. The fourth-order valence-electron chi connectivity index (χ4n) is 2.91. The van der Waals surface area contributed by atoms with Crippen LogP contribution in [0.1, 0.15) is 44.4 Å². The van der Waals surface area contributed by atoms with Gasteiger partial charge in [-0.1, -0.05) is 57.9 Å². The van der Waals surface area contributed by atoms with Gasteiger partial charge in [0, 0.05) is 22.3 Å². The second-order valence-electron chi connectivity index (χ2n) is 8.55. The number of benzene rings is 2. The molecule has 0 aromatic heterocycles. The molecule has 0 aliphatic rings. The van der Waals surface area contributed by atoms with E-state index >= 15 is 0 Å². The molecule has 0 saturated heterocycles. The number of aryl methyl sites for hydroxylation is 1. The molecule has 2 rings (SSSR count). The number of nitrogens with one attached hydrogen (secondary N) is 1. The maximum Gasteiger partial charge on any atom is 0.242 e. The quantitative estimate of drug-likeness (QED) is 0.544. The third-order valence-electron chi connectivity index (χ3n) is 4.52. The molecule has 6 heteroatoms. The highest BCUT2D eigenvalue weighted by Crippen LogP contribution is 2.18. The Labute approximate surface area is 192 Å². The number of amides is 2. The number of carbonyl (C=O) groups excluding carboxylic acids is 2. The lowest BCUT2D eigenvalue weighted by Crippen LogP contribution is -2.52. The van der Waals surface area contributed by atoms with Crippen LogP contribution >= 0.6 is 27.7 Å². The van der Waals surface area contributed by atoms with E-state index in [0.717, 1.165) is 15.8 Å². The molecule has 0 spiro atoms. The predicted octanol–water partition coefficient (Wildman–Crippen LogP) is 5.32. The van der Waals surface area contributed by atoms with Crippen molar-refractivity contribution >= 4 is 39.5 Å². The van der Waals surface area contributed by atoms with Crippen molar-refractivity contribution in [3.8, 4) is 0 Å². The van der Waals surface area contributed by atoms with Gasteiger partial charge in [0.25, 0.3) is 0 Å². The first-order valence-corrected chi connectivity index (χ1v) is 12.0. The van der Waals surface area contributed by atoms with Gasteiger partial charge in [-0.3, -0.25) is 9.59 Å². The van der Waals surface area contributed by atoms with Crippen LogP contribution < -0.4 is 5.32 Å². The van der Waals surface area contributed by atoms with E-state index in [0.29, 0.717) is 12.3 Å². The van der Waals surface area contributed by atoms with Gasteiger partial charge >= 0.3 is 0 Å².